The summed E-state index contributed by atoms with van der Waals surface area (Å²) in [5, 5.41) is 16.4. The number of nitrogens with zero attached hydrogens (tertiary/aromatic N) is 3. The van der Waals surface area contributed by atoms with Crippen LogP contribution in [0.4, 0.5) is 5.82 Å². The molecule has 5 heteroatoms. The number of aromatic nitrogens is 2. The van der Waals surface area contributed by atoms with Crippen LogP contribution in [0.15, 0.2) is 12.1 Å². The summed E-state index contributed by atoms with van der Waals surface area (Å²) in [6.07, 6.45) is 3.56. The molecule has 0 bridgehead atoms. The molecular formula is C12H17N3O2. The number of carbonyl (C=O) groups is 1. The highest BCUT2D eigenvalue weighted by Crippen LogP contribution is 2.20. The lowest BCUT2D eigenvalue weighted by Gasteiger charge is -2.20. The Bertz CT molecular complexity index is 391. The Morgan fingerprint density at radius 3 is 2.82 bits per heavy atom. The predicted molar refractivity (Wildman–Crippen MR) is 64.2 cm³/mol. The number of hydrogen-bond donors (Lipinski definition) is 1. The molecule has 1 aliphatic rings. The van der Waals surface area contributed by atoms with E-state index >= 15 is 0 Å². The summed E-state index contributed by atoms with van der Waals surface area (Å²) in [5.74, 6) is 0.504. The lowest BCUT2D eigenvalue weighted by atomic mass is 10.0. The van der Waals surface area contributed by atoms with E-state index in [4.69, 9.17) is 5.11 Å². The van der Waals surface area contributed by atoms with Crippen LogP contribution in [0.5, 0.6) is 0 Å². The smallest absolute Gasteiger partial charge is 0.356 e. The maximum atomic E-state index is 10.7. The number of carboxylic acid groups (broad SMARTS) is 1. The Balaban J connectivity index is 2.08. The van der Waals surface area contributed by atoms with E-state index < -0.39 is 5.97 Å². The van der Waals surface area contributed by atoms with Crippen LogP contribution in [0.3, 0.4) is 0 Å². The largest absolute Gasteiger partial charge is 0.476 e. The molecule has 1 N–H and O–H groups in total. The first-order valence-corrected chi connectivity index (χ1v) is 5.99. The molecule has 0 aromatic carbocycles. The summed E-state index contributed by atoms with van der Waals surface area (Å²) in [6.45, 7) is 4.22. The van der Waals surface area contributed by atoms with E-state index in [0.717, 1.165) is 37.7 Å². The maximum Gasteiger partial charge on any atom is 0.356 e. The Morgan fingerprint density at radius 2 is 2.18 bits per heavy atom. The quantitative estimate of drug-likeness (QED) is 0.846. The third-order valence-electron chi connectivity index (χ3n) is 3.21. The average molecular weight is 235 g/mol. The zero-order valence-corrected chi connectivity index (χ0v) is 9.96. The van der Waals surface area contributed by atoms with E-state index in [2.05, 4.69) is 22.0 Å². The van der Waals surface area contributed by atoms with Crippen LogP contribution in [0.25, 0.3) is 0 Å². The number of anilines is 1. The van der Waals surface area contributed by atoms with Gasteiger partial charge in [-0.05, 0) is 37.3 Å². The first-order chi connectivity index (χ1) is 8.16. The summed E-state index contributed by atoms with van der Waals surface area (Å²) < 4.78 is 0. The van der Waals surface area contributed by atoms with Gasteiger partial charge in [-0.25, -0.2) is 4.79 Å². The molecule has 1 atom stereocenters. The van der Waals surface area contributed by atoms with Crippen molar-refractivity contribution in [2.24, 2.45) is 5.92 Å². The molecule has 0 aliphatic carbocycles. The van der Waals surface area contributed by atoms with Crippen LogP contribution in [0.1, 0.15) is 36.7 Å². The van der Waals surface area contributed by atoms with Crippen LogP contribution >= 0.6 is 0 Å². The van der Waals surface area contributed by atoms with Crippen molar-refractivity contribution in [2.75, 3.05) is 18.0 Å². The Labute approximate surface area is 100 Å². The van der Waals surface area contributed by atoms with Gasteiger partial charge in [0.2, 0.25) is 0 Å². The molecule has 1 saturated heterocycles. The van der Waals surface area contributed by atoms with Gasteiger partial charge in [0.15, 0.2) is 11.5 Å². The molecule has 5 nitrogen and oxygen atoms in total. The van der Waals surface area contributed by atoms with Gasteiger partial charge >= 0.3 is 5.97 Å². The lowest BCUT2D eigenvalue weighted by Crippen LogP contribution is -2.25. The summed E-state index contributed by atoms with van der Waals surface area (Å²) in [4.78, 5) is 12.9. The molecule has 0 amide bonds. The Morgan fingerprint density at radius 1 is 1.35 bits per heavy atom. The number of rotatable bonds is 2. The minimum Gasteiger partial charge on any atom is -0.476 e. The van der Waals surface area contributed by atoms with Crippen molar-refractivity contribution in [3.05, 3.63) is 17.8 Å². The second-order valence-corrected chi connectivity index (χ2v) is 4.61. The van der Waals surface area contributed by atoms with Crippen LogP contribution in [0.2, 0.25) is 0 Å². The van der Waals surface area contributed by atoms with Gasteiger partial charge in [-0.15, -0.1) is 10.2 Å². The standard InChI is InChI=1S/C12H17N3O2/c1-9-3-2-7-15(8-6-9)11-5-4-10(12(16)17)13-14-11/h4-5,9H,2-3,6-8H2,1H3,(H,16,17)/t9-/m0/s1. The maximum absolute atomic E-state index is 10.7. The van der Waals surface area contributed by atoms with E-state index in [9.17, 15) is 4.79 Å². The van der Waals surface area contributed by atoms with E-state index in [1.54, 1.807) is 6.07 Å². The molecule has 1 aromatic heterocycles. The first kappa shape index (κ1) is 11.8. The highest BCUT2D eigenvalue weighted by atomic mass is 16.4. The fourth-order valence-corrected chi connectivity index (χ4v) is 2.10. The van der Waals surface area contributed by atoms with Gasteiger partial charge in [-0.2, -0.15) is 0 Å². The van der Waals surface area contributed by atoms with Gasteiger partial charge in [0.1, 0.15) is 0 Å². The molecule has 2 rings (SSSR count). The summed E-state index contributed by atoms with van der Waals surface area (Å²) in [5.41, 5.74) is -0.00283. The highest BCUT2D eigenvalue weighted by molar-refractivity contribution is 5.85. The van der Waals surface area contributed by atoms with Crippen molar-refractivity contribution in [3.8, 4) is 0 Å². The number of hydrogen-bond acceptors (Lipinski definition) is 4. The van der Waals surface area contributed by atoms with Crippen molar-refractivity contribution in [2.45, 2.75) is 26.2 Å². The van der Waals surface area contributed by atoms with Gasteiger partial charge in [0.25, 0.3) is 0 Å². The second kappa shape index (κ2) is 5.12. The lowest BCUT2D eigenvalue weighted by molar-refractivity contribution is 0.0689. The molecule has 1 aliphatic heterocycles. The van der Waals surface area contributed by atoms with E-state index in [-0.39, 0.29) is 5.69 Å². The zero-order valence-electron chi connectivity index (χ0n) is 9.96. The van der Waals surface area contributed by atoms with Crippen LogP contribution in [-0.4, -0.2) is 34.4 Å². The van der Waals surface area contributed by atoms with Gasteiger partial charge in [0.05, 0.1) is 0 Å². The SMILES string of the molecule is C[C@H]1CCCN(c2ccc(C(=O)O)nn2)CC1. The zero-order chi connectivity index (χ0) is 12.3. The minimum absolute atomic E-state index is 0.00283. The molecule has 0 saturated carbocycles. The van der Waals surface area contributed by atoms with Gasteiger partial charge in [-0.3, -0.25) is 0 Å². The summed E-state index contributed by atoms with van der Waals surface area (Å²) >= 11 is 0. The number of carboxylic acids is 1. The molecule has 1 fully saturated rings. The van der Waals surface area contributed by atoms with Crippen molar-refractivity contribution in [1.29, 1.82) is 0 Å². The summed E-state index contributed by atoms with van der Waals surface area (Å²) in [6, 6.07) is 3.26. The van der Waals surface area contributed by atoms with Crippen LogP contribution in [0, 0.1) is 5.92 Å². The molecule has 1 aromatic rings. The Kier molecular flexibility index (Phi) is 3.56. The fourth-order valence-electron chi connectivity index (χ4n) is 2.10. The number of aromatic carboxylic acids is 1. The van der Waals surface area contributed by atoms with E-state index in [1.807, 2.05) is 0 Å². The van der Waals surface area contributed by atoms with Crippen LogP contribution in [-0.2, 0) is 0 Å². The molecule has 17 heavy (non-hydrogen) atoms. The molecule has 0 spiro atoms. The van der Waals surface area contributed by atoms with E-state index in [1.165, 1.54) is 12.5 Å². The third kappa shape index (κ3) is 2.93. The van der Waals surface area contributed by atoms with Crippen molar-refractivity contribution < 1.29 is 9.90 Å². The normalized spacial score (nSPS) is 21.0. The molecule has 92 valence electrons. The molecular weight excluding hydrogens is 218 g/mol. The Hall–Kier alpha value is -1.65. The summed E-state index contributed by atoms with van der Waals surface area (Å²) in [7, 11) is 0. The monoisotopic (exact) mass is 235 g/mol. The third-order valence-corrected chi connectivity index (χ3v) is 3.21. The van der Waals surface area contributed by atoms with Gasteiger partial charge in [-0.1, -0.05) is 6.92 Å². The predicted octanol–water partition coefficient (Wildman–Crippen LogP) is 1.80. The first-order valence-electron chi connectivity index (χ1n) is 5.99. The molecule has 2 heterocycles. The fraction of sp³-hybridized carbons (Fsp3) is 0.583. The van der Waals surface area contributed by atoms with Crippen molar-refractivity contribution >= 4 is 11.8 Å². The van der Waals surface area contributed by atoms with Gasteiger partial charge < -0.3 is 10.0 Å². The molecule has 0 unspecified atom stereocenters. The van der Waals surface area contributed by atoms with Crippen molar-refractivity contribution in [3.63, 3.8) is 0 Å². The second-order valence-electron chi connectivity index (χ2n) is 4.61. The minimum atomic E-state index is -1.03. The molecule has 0 radical (unpaired) electrons. The topological polar surface area (TPSA) is 66.3 Å². The van der Waals surface area contributed by atoms with E-state index in [0.29, 0.717) is 0 Å². The van der Waals surface area contributed by atoms with Gasteiger partial charge in [0, 0.05) is 13.1 Å². The average Bonchev–Trinajstić information content (AvgIpc) is 2.54. The highest BCUT2D eigenvalue weighted by Gasteiger charge is 2.15. The van der Waals surface area contributed by atoms with Crippen molar-refractivity contribution in [1.82, 2.24) is 10.2 Å². The van der Waals surface area contributed by atoms with Crippen LogP contribution < -0.4 is 4.90 Å².